The predicted molar refractivity (Wildman–Crippen MR) is 271 cm³/mol. The zero-order valence-electron chi connectivity index (χ0n) is 39.4. The van der Waals surface area contributed by atoms with E-state index in [1.54, 1.807) is 26.8 Å². The summed E-state index contributed by atoms with van der Waals surface area (Å²) >= 11 is 10.5. The molecule has 6 aliphatic carbocycles. The molecule has 2 unspecified atom stereocenters. The van der Waals surface area contributed by atoms with Gasteiger partial charge in [0.1, 0.15) is 17.5 Å². The van der Waals surface area contributed by atoms with Crippen molar-refractivity contribution in [3.05, 3.63) is 107 Å². The number of rotatable bonds is 3. The summed E-state index contributed by atoms with van der Waals surface area (Å²) in [7, 11) is 0. The Morgan fingerprint density at radius 2 is 1.28 bits per heavy atom. The number of fused-ring (bicyclic) bond motifs is 7. The van der Waals surface area contributed by atoms with E-state index < -0.39 is 35.8 Å². The Hall–Kier alpha value is -4.18. The molecule has 1 aliphatic heterocycles. The van der Waals surface area contributed by atoms with Gasteiger partial charge in [-0.3, -0.25) is 19.3 Å². The maximum Gasteiger partial charge on any atom is 0.411 e. The van der Waals surface area contributed by atoms with Gasteiger partial charge in [-0.15, -0.1) is 0 Å². The van der Waals surface area contributed by atoms with Crippen molar-refractivity contribution in [1.29, 1.82) is 0 Å². The highest BCUT2D eigenvalue weighted by Gasteiger charge is 2.58. The van der Waals surface area contributed by atoms with Gasteiger partial charge >= 0.3 is 12.1 Å². The van der Waals surface area contributed by atoms with Crippen LogP contribution < -0.4 is 6.15 Å². The first-order valence-corrected chi connectivity index (χ1v) is 26.2. The minimum Gasteiger partial charge on any atom is -0.481 e. The molecule has 0 bridgehead atoms. The molecule has 0 radical (unpaired) electrons. The molecule has 68 heavy (non-hydrogen) atoms. The number of amides is 1. The zero-order chi connectivity index (χ0) is 47.7. The van der Waals surface area contributed by atoms with Crippen LogP contribution in [0, 0.1) is 17.8 Å². The number of aryl methyl sites for hydroxylation is 4. The number of carboxylic acid groups (broad SMARTS) is 1. The second-order valence-electron chi connectivity index (χ2n) is 20.2. The van der Waals surface area contributed by atoms with E-state index in [2.05, 4.69) is 77.0 Å². The van der Waals surface area contributed by atoms with Crippen molar-refractivity contribution in [1.82, 2.24) is 21.0 Å². The van der Waals surface area contributed by atoms with Crippen LogP contribution >= 0.6 is 47.8 Å². The number of nitrogens with one attached hydrogen (secondary N) is 1. The Labute approximate surface area is 424 Å². The van der Waals surface area contributed by atoms with Crippen LogP contribution in [-0.2, 0) is 44.7 Å². The van der Waals surface area contributed by atoms with Crippen molar-refractivity contribution in [3.63, 3.8) is 0 Å². The molecule has 3 aromatic carbocycles. The summed E-state index contributed by atoms with van der Waals surface area (Å²) in [6, 6.07) is 17.5. The number of Topliss-reactive ketones (excluding diaryl/α,β-unsaturated/α-hetero) is 2. The van der Waals surface area contributed by atoms with Crippen molar-refractivity contribution in [3.8, 4) is 11.3 Å². The number of benzene rings is 3. The molecule has 4 fully saturated rings. The number of halogens is 3. The third-order valence-corrected chi connectivity index (χ3v) is 15.3. The minimum absolute atomic E-state index is 0. The summed E-state index contributed by atoms with van der Waals surface area (Å²) in [5.74, 6) is 3.13. The van der Waals surface area contributed by atoms with Crippen LogP contribution in [-0.4, -0.2) is 73.4 Å². The van der Waals surface area contributed by atoms with Gasteiger partial charge in [0, 0.05) is 61.1 Å². The standard InChI is InChI=1S/C22H26BrNO5.C18H19BrN2.C11H11BrO.C2H4O2.H3N/c1-22(2,3)29-21(27)24-16-10-13(16)11-17(24)20(26)28-18-6-4-5-12-9-14(23)7-8-15(12)19(18)25;19-14-4-5-15-10(9-14)2-1-3-16-17(15)21-18(20-16)13-7-11-6-12(11)8-13;12-9-5-6-10-8(7-9)3-1-2-4-11(10)13;1-2(3)4;/h7-9,13,16-18H,4-6,10-11H2,1-3H3;4-5,9,11-13H,1-3,6-8H2,(H,20,21);5-7H,1-4H2;1H3,(H,3,4);1H3/t13-,16-,17+,18?;11-,12+,13?;;;/m1..../s1. The number of aromatic nitrogens is 2. The summed E-state index contributed by atoms with van der Waals surface area (Å²) in [6.45, 7) is 6.50. The molecule has 0 spiro atoms. The summed E-state index contributed by atoms with van der Waals surface area (Å²) in [5, 5.41) is 7.42. The van der Waals surface area contributed by atoms with E-state index in [1.165, 1.54) is 69.0 Å². The number of aromatic amines is 1. The lowest BCUT2D eigenvalue weighted by Gasteiger charge is -2.30. The summed E-state index contributed by atoms with van der Waals surface area (Å²) in [4.78, 5) is 69.4. The fourth-order valence-corrected chi connectivity index (χ4v) is 11.8. The van der Waals surface area contributed by atoms with Gasteiger partial charge < -0.3 is 25.7 Å². The molecule has 11 rings (SSSR count). The van der Waals surface area contributed by atoms with E-state index >= 15 is 0 Å². The molecule has 1 amide bonds. The van der Waals surface area contributed by atoms with E-state index in [0.29, 0.717) is 42.4 Å². The third-order valence-electron chi connectivity index (χ3n) is 13.9. The number of likely N-dealkylation sites (tertiary alicyclic amines) is 1. The van der Waals surface area contributed by atoms with E-state index in [4.69, 9.17) is 24.4 Å². The average molecular weight is 1120 g/mol. The van der Waals surface area contributed by atoms with Gasteiger partial charge in [-0.05, 0) is 188 Å². The second-order valence-corrected chi connectivity index (χ2v) is 22.9. The average Bonchev–Trinajstić information content (AvgIpc) is 4.10. The molecule has 12 nitrogen and oxygen atoms in total. The summed E-state index contributed by atoms with van der Waals surface area (Å²) in [5.41, 5.74) is 8.47. The van der Waals surface area contributed by atoms with Gasteiger partial charge in [0.05, 0.1) is 5.69 Å². The highest BCUT2D eigenvalue weighted by Crippen LogP contribution is 2.57. The number of aliphatic carboxylic acids is 1. The largest absolute Gasteiger partial charge is 0.481 e. The molecule has 1 aromatic heterocycles. The Morgan fingerprint density at radius 3 is 1.93 bits per heavy atom. The Kier molecular flexibility index (Phi) is 16.6. The van der Waals surface area contributed by atoms with Crippen LogP contribution in [0.5, 0.6) is 0 Å². The first kappa shape index (κ1) is 51.7. The van der Waals surface area contributed by atoms with Gasteiger partial charge in [-0.1, -0.05) is 59.9 Å². The number of esters is 1. The number of piperidine rings is 1. The molecule has 15 heteroatoms. The maximum atomic E-state index is 13.0. The van der Waals surface area contributed by atoms with Gasteiger partial charge in [0.15, 0.2) is 11.9 Å². The molecule has 364 valence electrons. The molecule has 5 N–H and O–H groups in total. The lowest BCUT2D eigenvalue weighted by molar-refractivity contribution is -0.153. The van der Waals surface area contributed by atoms with Gasteiger partial charge in [-0.2, -0.15) is 0 Å². The van der Waals surface area contributed by atoms with Gasteiger partial charge in [0.25, 0.3) is 5.97 Å². The van der Waals surface area contributed by atoms with Crippen molar-refractivity contribution >= 4 is 77.4 Å². The number of carboxylic acids is 1. The number of nitrogens with zero attached hydrogens (tertiary/aromatic N) is 2. The van der Waals surface area contributed by atoms with Gasteiger partial charge in [0.2, 0.25) is 5.78 Å². The summed E-state index contributed by atoms with van der Waals surface area (Å²) < 4.78 is 14.4. The number of ether oxygens (including phenoxy) is 2. The number of carbonyl (C=O) groups excluding carboxylic acids is 4. The highest BCUT2D eigenvalue weighted by molar-refractivity contribution is 9.11. The molecule has 3 saturated carbocycles. The minimum atomic E-state index is -0.833. The van der Waals surface area contributed by atoms with E-state index in [1.807, 2.05) is 24.3 Å². The number of ketones is 2. The molecular weight excluding hydrogens is 1060 g/mol. The number of H-pyrrole nitrogens is 1. The van der Waals surface area contributed by atoms with Crippen LogP contribution in [0.2, 0.25) is 0 Å². The predicted octanol–water partition coefficient (Wildman–Crippen LogP) is 12.7. The first-order valence-electron chi connectivity index (χ1n) is 23.9. The van der Waals surface area contributed by atoms with Crippen molar-refractivity contribution in [2.24, 2.45) is 17.8 Å². The maximum absolute atomic E-state index is 13.0. The third kappa shape index (κ3) is 12.6. The van der Waals surface area contributed by atoms with E-state index in [0.717, 1.165) is 90.2 Å². The van der Waals surface area contributed by atoms with E-state index in [-0.39, 0.29) is 18.0 Å². The molecule has 1 saturated heterocycles. The fourth-order valence-electron chi connectivity index (χ4n) is 10.6. The molecular formula is C53H63Br3N4O8. The van der Waals surface area contributed by atoms with Crippen molar-refractivity contribution in [2.45, 2.75) is 154 Å². The van der Waals surface area contributed by atoms with Crippen LogP contribution in [0.3, 0.4) is 0 Å². The fraction of sp³-hybridized carbons (Fsp3) is 0.509. The summed E-state index contributed by atoms with van der Waals surface area (Å²) in [6.07, 6.45) is 13.9. The Bertz CT molecular complexity index is 2540. The molecule has 2 heterocycles. The first-order chi connectivity index (χ1) is 31.9. The molecule has 7 atom stereocenters. The number of hydrogen-bond acceptors (Lipinski definition) is 9. The van der Waals surface area contributed by atoms with E-state index in [9.17, 15) is 19.2 Å². The quantitative estimate of drug-likeness (QED) is 0.131. The van der Waals surface area contributed by atoms with Crippen LogP contribution in [0.4, 0.5) is 4.79 Å². The SMILES string of the molecule is Brc1ccc2c(c1)CCCc1[nH]c(C3C[C@@H]4C[C@@H]4C3)nc1-2.CC(=O)O.CC(C)(C)OC(=O)N1[C@@H]2C[C@@H]2C[C@H]1C(=O)OC1CCCc2cc(Br)ccc2C1=O.N.O=C1CCCCc2cc(Br)ccc21. The zero-order valence-corrected chi connectivity index (χ0v) is 44.1. The molecule has 7 aliphatic rings. The topological polar surface area (TPSA) is 191 Å². The lowest BCUT2D eigenvalue weighted by Crippen LogP contribution is -2.47. The Balaban J connectivity index is 0.000000153. The lowest BCUT2D eigenvalue weighted by atomic mass is 10.0. The monoisotopic (exact) mass is 1120 g/mol. The second kappa shape index (κ2) is 21.9. The highest BCUT2D eigenvalue weighted by atomic mass is 79.9. The normalized spacial score (nSPS) is 24.7. The van der Waals surface area contributed by atoms with Crippen LogP contribution in [0.1, 0.15) is 153 Å². The van der Waals surface area contributed by atoms with Gasteiger partial charge in [-0.25, -0.2) is 14.6 Å². The van der Waals surface area contributed by atoms with Crippen molar-refractivity contribution in [2.75, 3.05) is 0 Å². The number of carbonyl (C=O) groups is 5. The van der Waals surface area contributed by atoms with Crippen LogP contribution in [0.15, 0.2) is 68.0 Å². The van der Waals surface area contributed by atoms with Crippen molar-refractivity contribution < 1.29 is 38.6 Å². The van der Waals surface area contributed by atoms with Crippen LogP contribution in [0.25, 0.3) is 11.3 Å². The number of imidazole rings is 1. The number of hydrogen-bond donors (Lipinski definition) is 3. The Morgan fingerprint density at radius 1 is 0.721 bits per heavy atom. The molecule has 4 aromatic rings. The smallest absolute Gasteiger partial charge is 0.411 e.